The number of unbranched alkanes of at least 4 members (excludes halogenated alkanes) is 21. The fourth-order valence-electron chi connectivity index (χ4n) is 6.96. The van der Waals surface area contributed by atoms with Crippen LogP contribution in [-0.2, 0) is 28.5 Å². The maximum atomic E-state index is 12.7. The summed E-state index contributed by atoms with van der Waals surface area (Å²) in [6, 6.07) is 0. The molecule has 0 aromatic rings. The zero-order chi connectivity index (χ0) is 43.7. The van der Waals surface area contributed by atoms with E-state index >= 15 is 0 Å². The molecule has 0 bridgehead atoms. The smallest absolute Gasteiger partial charge is 0.306 e. The summed E-state index contributed by atoms with van der Waals surface area (Å²) in [5, 5.41) is 40.1. The predicted molar refractivity (Wildman–Crippen MR) is 242 cm³/mol. The number of aliphatic hydroxyl groups excluding tert-OH is 4. The first kappa shape index (κ1) is 55.4. The summed E-state index contributed by atoms with van der Waals surface area (Å²) in [7, 11) is 0. The molecule has 346 valence electrons. The van der Waals surface area contributed by atoms with E-state index in [4.69, 9.17) is 18.9 Å². The van der Waals surface area contributed by atoms with Crippen LogP contribution in [0.15, 0.2) is 60.8 Å². The summed E-state index contributed by atoms with van der Waals surface area (Å²) in [5.41, 5.74) is 0. The molecular weight excluding hydrogens is 761 g/mol. The van der Waals surface area contributed by atoms with Crippen LogP contribution in [0, 0.1) is 0 Å². The number of hydrogen-bond donors (Lipinski definition) is 4. The van der Waals surface area contributed by atoms with Crippen LogP contribution in [0.5, 0.6) is 0 Å². The van der Waals surface area contributed by atoms with Crippen molar-refractivity contribution in [1.29, 1.82) is 0 Å². The van der Waals surface area contributed by atoms with E-state index in [9.17, 15) is 30.0 Å². The average molecular weight is 847 g/mol. The molecule has 4 N–H and O–H groups in total. The van der Waals surface area contributed by atoms with Crippen molar-refractivity contribution in [2.75, 3.05) is 19.8 Å². The molecule has 0 amide bonds. The van der Waals surface area contributed by atoms with Crippen LogP contribution in [0.25, 0.3) is 0 Å². The van der Waals surface area contributed by atoms with Gasteiger partial charge in [0.05, 0.1) is 13.2 Å². The number of rotatable bonds is 39. The van der Waals surface area contributed by atoms with E-state index in [1.807, 2.05) is 36.5 Å². The van der Waals surface area contributed by atoms with Crippen LogP contribution in [-0.4, -0.2) is 89.0 Å². The van der Waals surface area contributed by atoms with Crippen LogP contribution in [0.3, 0.4) is 0 Å². The summed E-state index contributed by atoms with van der Waals surface area (Å²) in [6.07, 6.45) is 42.4. The third-order valence-corrected chi connectivity index (χ3v) is 10.7. The van der Waals surface area contributed by atoms with E-state index in [0.717, 1.165) is 51.4 Å². The first-order valence-electron chi connectivity index (χ1n) is 23.9. The molecule has 3 unspecified atom stereocenters. The Morgan fingerprint density at radius 2 is 1.00 bits per heavy atom. The molecule has 0 spiro atoms. The quantitative estimate of drug-likeness (QED) is 0.0204. The number of carbonyl (C=O) groups is 2. The Bertz CT molecular complexity index is 1160. The average Bonchev–Trinajstić information content (AvgIpc) is 3.25. The van der Waals surface area contributed by atoms with Crippen molar-refractivity contribution in [1.82, 2.24) is 0 Å². The standard InChI is InChI=1S/C50H86O10/c1-3-5-7-9-11-13-15-17-18-19-20-21-22-23-24-25-27-28-30-32-34-36-38-45(52)57-41-43(42-58-50-49(56)48(55)47(54)44(40-51)60-50)59-46(53)39-37-35-33-31-29-26-16-14-12-10-8-6-4-2/h6,8,10,12,14,16,22-23,26,29,43-44,47-51,54-56H,3-5,7,9,11,13,15,17-21,24-25,27-28,30-42H2,1-2H3/b8-6+,12-10+,16-14+,23-22+,29-26+/t43?,44-,47+,48?,49?,50-/m0/s1. The van der Waals surface area contributed by atoms with Crippen molar-refractivity contribution in [2.24, 2.45) is 0 Å². The maximum absolute atomic E-state index is 12.7. The number of allylic oxidation sites excluding steroid dienone is 10. The second-order valence-corrected chi connectivity index (χ2v) is 16.3. The fourth-order valence-corrected chi connectivity index (χ4v) is 6.96. The van der Waals surface area contributed by atoms with Crippen molar-refractivity contribution in [2.45, 2.75) is 224 Å². The molecule has 1 aliphatic heterocycles. The van der Waals surface area contributed by atoms with E-state index in [1.54, 1.807) is 0 Å². The van der Waals surface area contributed by atoms with Gasteiger partial charge in [-0.15, -0.1) is 0 Å². The lowest BCUT2D eigenvalue weighted by Crippen LogP contribution is -2.59. The summed E-state index contributed by atoms with van der Waals surface area (Å²) in [4.78, 5) is 25.3. The normalized spacial score (nSPS) is 20.4. The van der Waals surface area contributed by atoms with E-state index in [-0.39, 0.29) is 26.1 Å². The highest BCUT2D eigenvalue weighted by Crippen LogP contribution is 2.23. The van der Waals surface area contributed by atoms with Crippen molar-refractivity contribution in [3.05, 3.63) is 60.8 Å². The van der Waals surface area contributed by atoms with E-state index in [1.165, 1.54) is 96.3 Å². The van der Waals surface area contributed by atoms with Gasteiger partial charge in [-0.05, 0) is 57.8 Å². The van der Waals surface area contributed by atoms with Crippen LogP contribution in [0.1, 0.15) is 187 Å². The Kier molecular flexibility index (Phi) is 37.4. The highest BCUT2D eigenvalue weighted by molar-refractivity contribution is 5.70. The van der Waals surface area contributed by atoms with Gasteiger partial charge < -0.3 is 39.4 Å². The lowest BCUT2D eigenvalue weighted by molar-refractivity contribution is -0.305. The van der Waals surface area contributed by atoms with E-state index in [2.05, 4.69) is 38.2 Å². The summed E-state index contributed by atoms with van der Waals surface area (Å²) in [6.45, 7) is 3.24. The van der Waals surface area contributed by atoms with Gasteiger partial charge in [-0.1, -0.05) is 177 Å². The van der Waals surface area contributed by atoms with Gasteiger partial charge in [0.25, 0.3) is 0 Å². The number of aliphatic hydroxyl groups is 4. The molecule has 6 atom stereocenters. The number of hydrogen-bond acceptors (Lipinski definition) is 10. The maximum Gasteiger partial charge on any atom is 0.306 e. The van der Waals surface area contributed by atoms with E-state index < -0.39 is 55.4 Å². The molecule has 1 aliphatic rings. The molecule has 0 aromatic heterocycles. The highest BCUT2D eigenvalue weighted by atomic mass is 16.7. The number of ether oxygens (including phenoxy) is 4. The molecule has 0 saturated carbocycles. The Morgan fingerprint density at radius 1 is 0.533 bits per heavy atom. The summed E-state index contributed by atoms with van der Waals surface area (Å²) in [5.74, 6) is -0.859. The van der Waals surface area contributed by atoms with Gasteiger partial charge >= 0.3 is 11.9 Å². The van der Waals surface area contributed by atoms with Crippen LogP contribution < -0.4 is 0 Å². The Balaban J connectivity index is 2.28. The Morgan fingerprint density at radius 3 is 1.55 bits per heavy atom. The van der Waals surface area contributed by atoms with Crippen molar-refractivity contribution >= 4 is 11.9 Å². The number of carbonyl (C=O) groups excluding carboxylic acids is 2. The third-order valence-electron chi connectivity index (χ3n) is 10.7. The predicted octanol–water partition coefficient (Wildman–Crippen LogP) is 10.6. The Hall–Kier alpha value is -2.60. The molecule has 1 saturated heterocycles. The summed E-state index contributed by atoms with van der Waals surface area (Å²) < 4.78 is 22.1. The molecular formula is C50H86O10. The molecule has 60 heavy (non-hydrogen) atoms. The van der Waals surface area contributed by atoms with Gasteiger partial charge in [-0.25, -0.2) is 0 Å². The molecule has 1 fully saturated rings. The zero-order valence-corrected chi connectivity index (χ0v) is 37.7. The van der Waals surface area contributed by atoms with Crippen LogP contribution >= 0.6 is 0 Å². The van der Waals surface area contributed by atoms with Gasteiger partial charge in [0.1, 0.15) is 31.0 Å². The Labute approximate surface area is 364 Å². The first-order valence-corrected chi connectivity index (χ1v) is 23.9. The second kappa shape index (κ2) is 40.5. The lowest BCUT2D eigenvalue weighted by Gasteiger charge is -2.39. The minimum absolute atomic E-state index is 0.181. The van der Waals surface area contributed by atoms with Crippen molar-refractivity contribution in [3.8, 4) is 0 Å². The van der Waals surface area contributed by atoms with Crippen LogP contribution in [0.4, 0.5) is 0 Å². The number of esters is 2. The van der Waals surface area contributed by atoms with Gasteiger partial charge in [0.2, 0.25) is 0 Å². The largest absolute Gasteiger partial charge is 0.462 e. The van der Waals surface area contributed by atoms with Crippen molar-refractivity contribution in [3.63, 3.8) is 0 Å². The minimum Gasteiger partial charge on any atom is -0.462 e. The topological polar surface area (TPSA) is 152 Å². The monoisotopic (exact) mass is 847 g/mol. The molecule has 0 radical (unpaired) electrons. The van der Waals surface area contributed by atoms with Crippen molar-refractivity contribution < 1.29 is 49.0 Å². The van der Waals surface area contributed by atoms with Gasteiger partial charge in [-0.3, -0.25) is 9.59 Å². The second-order valence-electron chi connectivity index (χ2n) is 16.3. The molecule has 10 heteroatoms. The third kappa shape index (κ3) is 31.3. The zero-order valence-electron chi connectivity index (χ0n) is 37.7. The molecule has 0 aromatic carbocycles. The SMILES string of the molecule is CC/C=C/C=C/C=C/C=C/CCCCCC(=O)OC(COC(=O)CCCCCCCCC/C=C/CCCCCCCCCCCCC)CO[C@H]1O[C@@H](CO)[C@@H](O)C(O)C1O. The first-order chi connectivity index (χ1) is 29.3. The van der Waals surface area contributed by atoms with Crippen LogP contribution in [0.2, 0.25) is 0 Å². The van der Waals surface area contributed by atoms with Gasteiger partial charge in [0, 0.05) is 12.8 Å². The van der Waals surface area contributed by atoms with Gasteiger partial charge in [0.15, 0.2) is 12.4 Å². The molecule has 10 nitrogen and oxygen atoms in total. The van der Waals surface area contributed by atoms with E-state index in [0.29, 0.717) is 12.8 Å². The summed E-state index contributed by atoms with van der Waals surface area (Å²) >= 11 is 0. The molecule has 1 heterocycles. The molecule has 0 aliphatic carbocycles. The minimum atomic E-state index is -1.61. The fraction of sp³-hybridized carbons (Fsp3) is 0.760. The lowest BCUT2D eigenvalue weighted by atomic mass is 9.99. The molecule has 1 rings (SSSR count). The highest BCUT2D eigenvalue weighted by Gasteiger charge is 2.44. The van der Waals surface area contributed by atoms with Gasteiger partial charge in [-0.2, -0.15) is 0 Å².